The highest BCUT2D eigenvalue weighted by molar-refractivity contribution is 7.99. The molecule has 3 heteroatoms. The molecule has 1 N–H and O–H groups in total. The average molecular weight is 295 g/mol. The highest BCUT2D eigenvalue weighted by atomic mass is 32.2. The third kappa shape index (κ3) is 6.29. The van der Waals surface area contributed by atoms with Crippen LogP contribution in [0.15, 0.2) is 24.3 Å². The van der Waals surface area contributed by atoms with Crippen LogP contribution in [0.4, 0.5) is 0 Å². The van der Waals surface area contributed by atoms with Crippen molar-refractivity contribution in [1.29, 1.82) is 0 Å². The number of rotatable bonds is 10. The number of methoxy groups -OCH3 is 1. The fraction of sp³-hybridized carbons (Fsp3) is 0.647. The molecule has 0 aliphatic heterocycles. The molecule has 1 atom stereocenters. The summed E-state index contributed by atoms with van der Waals surface area (Å²) in [6, 6.07) is 9.53. The molecule has 0 saturated carbocycles. The lowest BCUT2D eigenvalue weighted by molar-refractivity contribution is 0.200. The van der Waals surface area contributed by atoms with Gasteiger partial charge in [-0.2, -0.15) is 11.8 Å². The van der Waals surface area contributed by atoms with Crippen LogP contribution in [-0.4, -0.2) is 31.8 Å². The second-order valence-corrected chi connectivity index (χ2v) is 6.50. The topological polar surface area (TPSA) is 21.3 Å². The Bertz CT molecular complexity index is 351. The molecule has 1 aromatic rings. The van der Waals surface area contributed by atoms with Gasteiger partial charge in [0.05, 0.1) is 0 Å². The number of ether oxygens (including phenoxy) is 1. The Morgan fingerprint density at radius 1 is 1.15 bits per heavy atom. The Morgan fingerprint density at radius 2 is 1.80 bits per heavy atom. The molecule has 1 unspecified atom stereocenters. The lowest BCUT2D eigenvalue weighted by Crippen LogP contribution is -2.23. The van der Waals surface area contributed by atoms with E-state index in [1.54, 1.807) is 7.11 Å². The van der Waals surface area contributed by atoms with Crippen LogP contribution in [0.2, 0.25) is 0 Å². The molecule has 0 saturated heterocycles. The van der Waals surface area contributed by atoms with Crippen molar-refractivity contribution < 1.29 is 4.74 Å². The molecule has 20 heavy (non-hydrogen) atoms. The standard InChI is InChI=1S/C17H29NOS/c1-5-18-17(13-20-12-6-11-19-4)16-9-7-15(8-10-16)14(2)3/h7-10,14,17-18H,5-6,11-13H2,1-4H3. The Balaban J connectivity index is 2.51. The SMILES string of the molecule is CCNC(CSCCCOC)c1ccc(C(C)C)cc1. The van der Waals surface area contributed by atoms with Gasteiger partial charge in [-0.3, -0.25) is 0 Å². The lowest BCUT2D eigenvalue weighted by atomic mass is 9.99. The van der Waals surface area contributed by atoms with Gasteiger partial charge in [0, 0.05) is 25.5 Å². The zero-order chi connectivity index (χ0) is 14.8. The van der Waals surface area contributed by atoms with Gasteiger partial charge in [-0.25, -0.2) is 0 Å². The largest absolute Gasteiger partial charge is 0.385 e. The Labute approximate surface area is 128 Å². The van der Waals surface area contributed by atoms with Gasteiger partial charge in [0.1, 0.15) is 0 Å². The molecular weight excluding hydrogens is 266 g/mol. The van der Waals surface area contributed by atoms with Gasteiger partial charge >= 0.3 is 0 Å². The normalized spacial score (nSPS) is 12.8. The molecule has 0 fully saturated rings. The van der Waals surface area contributed by atoms with E-state index in [1.807, 2.05) is 11.8 Å². The molecule has 0 amide bonds. The smallest absolute Gasteiger partial charge is 0.0470 e. The summed E-state index contributed by atoms with van der Waals surface area (Å²) < 4.78 is 5.09. The zero-order valence-electron chi connectivity index (χ0n) is 13.3. The minimum absolute atomic E-state index is 0.453. The second-order valence-electron chi connectivity index (χ2n) is 5.35. The highest BCUT2D eigenvalue weighted by Crippen LogP contribution is 2.22. The third-order valence-corrected chi connectivity index (χ3v) is 4.52. The second kappa shape index (κ2) is 10.3. The number of hydrogen-bond donors (Lipinski definition) is 1. The van der Waals surface area contributed by atoms with Gasteiger partial charge < -0.3 is 10.1 Å². The van der Waals surface area contributed by atoms with Crippen molar-refractivity contribution >= 4 is 11.8 Å². The van der Waals surface area contributed by atoms with Crippen LogP contribution in [-0.2, 0) is 4.74 Å². The summed E-state index contributed by atoms with van der Waals surface area (Å²) >= 11 is 2.00. The maximum absolute atomic E-state index is 5.09. The average Bonchev–Trinajstić information content (AvgIpc) is 2.46. The summed E-state index contributed by atoms with van der Waals surface area (Å²) in [4.78, 5) is 0. The minimum atomic E-state index is 0.453. The van der Waals surface area contributed by atoms with E-state index >= 15 is 0 Å². The summed E-state index contributed by atoms with van der Waals surface area (Å²) in [5.41, 5.74) is 2.81. The van der Waals surface area contributed by atoms with Crippen LogP contribution in [0.25, 0.3) is 0 Å². The Morgan fingerprint density at radius 3 is 2.35 bits per heavy atom. The van der Waals surface area contributed by atoms with Crippen molar-refractivity contribution in [1.82, 2.24) is 5.32 Å². The van der Waals surface area contributed by atoms with Crippen molar-refractivity contribution in [3.05, 3.63) is 35.4 Å². The maximum Gasteiger partial charge on any atom is 0.0470 e. The predicted octanol–water partition coefficient (Wildman–Crippen LogP) is 4.23. The minimum Gasteiger partial charge on any atom is -0.385 e. The third-order valence-electron chi connectivity index (χ3n) is 3.38. The van der Waals surface area contributed by atoms with Gasteiger partial charge in [0.2, 0.25) is 0 Å². The van der Waals surface area contributed by atoms with Gasteiger partial charge in [-0.15, -0.1) is 0 Å². The molecule has 1 aromatic carbocycles. The van der Waals surface area contributed by atoms with E-state index in [9.17, 15) is 0 Å². The van der Waals surface area contributed by atoms with E-state index in [-0.39, 0.29) is 0 Å². The van der Waals surface area contributed by atoms with Crippen molar-refractivity contribution in [2.24, 2.45) is 0 Å². The summed E-state index contributed by atoms with van der Waals surface area (Å²) in [6.45, 7) is 8.52. The molecule has 2 nitrogen and oxygen atoms in total. The van der Waals surface area contributed by atoms with Crippen LogP contribution in [0.5, 0.6) is 0 Å². The molecule has 0 bridgehead atoms. The van der Waals surface area contributed by atoms with Gasteiger partial charge in [-0.05, 0) is 35.8 Å². The molecule has 1 rings (SSSR count). The van der Waals surface area contributed by atoms with E-state index < -0.39 is 0 Å². The van der Waals surface area contributed by atoms with Gasteiger partial charge in [-0.1, -0.05) is 45.0 Å². The monoisotopic (exact) mass is 295 g/mol. The van der Waals surface area contributed by atoms with Crippen LogP contribution in [0.3, 0.4) is 0 Å². The first-order chi connectivity index (χ1) is 9.69. The van der Waals surface area contributed by atoms with Crippen molar-refractivity contribution in [2.45, 2.75) is 39.2 Å². The van der Waals surface area contributed by atoms with Gasteiger partial charge in [0.15, 0.2) is 0 Å². The van der Waals surface area contributed by atoms with E-state index in [4.69, 9.17) is 4.74 Å². The van der Waals surface area contributed by atoms with Crippen molar-refractivity contribution in [3.63, 3.8) is 0 Å². The molecule has 114 valence electrons. The quantitative estimate of drug-likeness (QED) is 0.653. The molecule has 0 aliphatic rings. The first-order valence-electron chi connectivity index (χ1n) is 7.59. The van der Waals surface area contributed by atoms with Crippen molar-refractivity contribution in [3.8, 4) is 0 Å². The summed E-state index contributed by atoms with van der Waals surface area (Å²) in [5, 5.41) is 3.59. The fourth-order valence-corrected chi connectivity index (χ4v) is 3.17. The van der Waals surface area contributed by atoms with E-state index in [0.717, 1.165) is 25.3 Å². The van der Waals surface area contributed by atoms with Crippen LogP contribution in [0.1, 0.15) is 50.3 Å². The van der Waals surface area contributed by atoms with Crippen molar-refractivity contribution in [2.75, 3.05) is 31.8 Å². The van der Waals surface area contributed by atoms with E-state index in [1.165, 1.54) is 16.9 Å². The van der Waals surface area contributed by atoms with E-state index in [0.29, 0.717) is 12.0 Å². The Kier molecular flexibility index (Phi) is 8.99. The zero-order valence-corrected chi connectivity index (χ0v) is 14.1. The van der Waals surface area contributed by atoms with E-state index in [2.05, 4.69) is 50.4 Å². The molecule has 0 spiro atoms. The number of benzene rings is 1. The summed E-state index contributed by atoms with van der Waals surface area (Å²) in [7, 11) is 1.77. The first kappa shape index (κ1) is 17.5. The highest BCUT2D eigenvalue weighted by Gasteiger charge is 2.10. The molecule has 0 radical (unpaired) electrons. The maximum atomic E-state index is 5.09. The summed E-state index contributed by atoms with van der Waals surface area (Å²) in [6.07, 6.45) is 1.13. The lowest BCUT2D eigenvalue weighted by Gasteiger charge is -2.19. The molecular formula is C17H29NOS. The molecule has 0 heterocycles. The first-order valence-corrected chi connectivity index (χ1v) is 8.74. The summed E-state index contributed by atoms with van der Waals surface area (Å²) in [5.74, 6) is 2.89. The number of nitrogens with one attached hydrogen (secondary N) is 1. The molecule has 0 aromatic heterocycles. The van der Waals surface area contributed by atoms with Crippen LogP contribution in [0, 0.1) is 0 Å². The number of thioether (sulfide) groups is 1. The van der Waals surface area contributed by atoms with Crippen LogP contribution < -0.4 is 5.32 Å². The molecule has 0 aliphatic carbocycles. The van der Waals surface area contributed by atoms with Gasteiger partial charge in [0.25, 0.3) is 0 Å². The van der Waals surface area contributed by atoms with Crippen LogP contribution >= 0.6 is 11.8 Å². The fourth-order valence-electron chi connectivity index (χ4n) is 2.14. The Hall–Kier alpha value is -0.510. The predicted molar refractivity (Wildman–Crippen MR) is 90.8 cm³/mol. The number of hydrogen-bond acceptors (Lipinski definition) is 3.